The van der Waals surface area contributed by atoms with Crippen molar-refractivity contribution in [2.45, 2.75) is 6.54 Å². The van der Waals surface area contributed by atoms with E-state index in [1.807, 2.05) is 36.7 Å². The highest BCUT2D eigenvalue weighted by molar-refractivity contribution is 7.15. The molecule has 0 aliphatic heterocycles. The molecule has 0 aliphatic rings. The minimum Gasteiger partial charge on any atom is -0.361 e. The second-order valence-corrected chi connectivity index (χ2v) is 9.34. The number of aromatic nitrogens is 2. The third kappa shape index (κ3) is 4.24. The third-order valence-electron chi connectivity index (χ3n) is 5.51. The molecule has 6 heteroatoms. The van der Waals surface area contributed by atoms with Crippen molar-refractivity contribution in [1.82, 2.24) is 14.9 Å². The summed E-state index contributed by atoms with van der Waals surface area (Å²) in [6.45, 7) is 0.928. The van der Waals surface area contributed by atoms with Crippen molar-refractivity contribution in [2.75, 3.05) is 19.4 Å². The van der Waals surface area contributed by atoms with Gasteiger partial charge in [-0.05, 0) is 61.6 Å². The number of aromatic amines is 1. The summed E-state index contributed by atoms with van der Waals surface area (Å²) in [7, 11) is 4.16. The number of thiophene rings is 1. The summed E-state index contributed by atoms with van der Waals surface area (Å²) in [5, 5.41) is 14.4. The molecule has 3 heterocycles. The van der Waals surface area contributed by atoms with Crippen molar-refractivity contribution in [2.24, 2.45) is 0 Å². The Labute approximate surface area is 197 Å². The average molecular weight is 450 g/mol. The molecule has 0 unspecified atom stereocenters. The first kappa shape index (κ1) is 21.0. The topological polar surface area (TPSA) is 67.7 Å². The number of rotatable bonds is 6. The normalized spacial score (nSPS) is 11.1. The van der Waals surface area contributed by atoms with Gasteiger partial charge in [-0.1, -0.05) is 24.3 Å². The molecule has 5 nitrogen and oxygen atoms in total. The van der Waals surface area contributed by atoms with Gasteiger partial charge in [-0.2, -0.15) is 5.26 Å². The Balaban J connectivity index is 1.56. The summed E-state index contributed by atoms with van der Waals surface area (Å²) < 4.78 is 0. The lowest BCUT2D eigenvalue weighted by molar-refractivity contribution is 0.406. The molecule has 0 bridgehead atoms. The van der Waals surface area contributed by atoms with Crippen LogP contribution in [0.3, 0.4) is 0 Å². The molecule has 2 N–H and O–H groups in total. The Hall–Kier alpha value is -3.92. The molecule has 3 aromatic heterocycles. The number of nitriles is 1. The van der Waals surface area contributed by atoms with Crippen LogP contribution >= 0.6 is 11.3 Å². The standard InChI is InChI=1S/C27H23N5S/c1-32(2)17-21-9-10-26(33-21)19-6-3-5-18(13-19)23-16-29-15-20(14-28)27(23)31-25-8-4-7-24-22(25)11-12-30-24/h3-13,15-16,30H,17H2,1-2H3,(H,29,31). The molecule has 0 aliphatic carbocycles. The van der Waals surface area contributed by atoms with Gasteiger partial charge < -0.3 is 15.2 Å². The van der Waals surface area contributed by atoms with Gasteiger partial charge in [-0.15, -0.1) is 11.3 Å². The fraction of sp³-hybridized carbons (Fsp3) is 0.111. The van der Waals surface area contributed by atoms with Crippen molar-refractivity contribution >= 4 is 33.6 Å². The van der Waals surface area contributed by atoms with Crippen LogP contribution in [0.25, 0.3) is 32.5 Å². The Morgan fingerprint density at radius 2 is 1.88 bits per heavy atom. The maximum Gasteiger partial charge on any atom is 0.103 e. The molecule has 5 rings (SSSR count). The quantitative estimate of drug-likeness (QED) is 0.305. The first-order chi connectivity index (χ1) is 16.1. The number of nitrogens with zero attached hydrogens (tertiary/aromatic N) is 3. The van der Waals surface area contributed by atoms with E-state index in [4.69, 9.17) is 0 Å². The van der Waals surface area contributed by atoms with Crippen LogP contribution in [0.4, 0.5) is 11.4 Å². The number of hydrogen-bond acceptors (Lipinski definition) is 5. The number of hydrogen-bond donors (Lipinski definition) is 2. The smallest absolute Gasteiger partial charge is 0.103 e. The summed E-state index contributed by atoms with van der Waals surface area (Å²) in [4.78, 5) is 12.3. The van der Waals surface area contributed by atoms with Gasteiger partial charge in [0.25, 0.3) is 0 Å². The molecule has 5 aromatic rings. The zero-order valence-corrected chi connectivity index (χ0v) is 19.3. The number of benzene rings is 2. The van der Waals surface area contributed by atoms with Crippen LogP contribution in [0.5, 0.6) is 0 Å². The summed E-state index contributed by atoms with van der Waals surface area (Å²) in [6, 6.07) is 23.2. The molecule has 0 saturated heterocycles. The number of pyridine rings is 1. The molecular weight excluding hydrogens is 426 g/mol. The van der Waals surface area contributed by atoms with Crippen LogP contribution in [0, 0.1) is 11.3 Å². The zero-order chi connectivity index (χ0) is 22.8. The zero-order valence-electron chi connectivity index (χ0n) is 18.5. The van der Waals surface area contributed by atoms with E-state index in [-0.39, 0.29) is 0 Å². The minimum atomic E-state index is 0.509. The third-order valence-corrected chi connectivity index (χ3v) is 6.63. The van der Waals surface area contributed by atoms with Crippen molar-refractivity contribution in [3.05, 3.63) is 89.7 Å². The highest BCUT2D eigenvalue weighted by atomic mass is 32.1. The van der Waals surface area contributed by atoms with Gasteiger partial charge in [0.1, 0.15) is 6.07 Å². The molecule has 33 heavy (non-hydrogen) atoms. The maximum atomic E-state index is 9.81. The van der Waals surface area contributed by atoms with E-state index >= 15 is 0 Å². The van der Waals surface area contributed by atoms with Gasteiger partial charge in [0.15, 0.2) is 0 Å². The van der Waals surface area contributed by atoms with Crippen LogP contribution in [-0.4, -0.2) is 29.0 Å². The summed E-state index contributed by atoms with van der Waals surface area (Å²) in [5.41, 5.74) is 6.33. The predicted octanol–water partition coefficient (Wildman–Crippen LogP) is 6.64. The van der Waals surface area contributed by atoms with Gasteiger partial charge in [0.2, 0.25) is 0 Å². The Bertz CT molecular complexity index is 1470. The van der Waals surface area contributed by atoms with E-state index in [0.717, 1.165) is 45.5 Å². The van der Waals surface area contributed by atoms with Crippen LogP contribution in [0.15, 0.2) is 79.3 Å². The fourth-order valence-corrected chi connectivity index (χ4v) is 5.12. The number of nitrogens with one attached hydrogen (secondary N) is 2. The molecule has 0 amide bonds. The highest BCUT2D eigenvalue weighted by Gasteiger charge is 2.14. The van der Waals surface area contributed by atoms with Gasteiger partial charge in [-0.3, -0.25) is 4.98 Å². The average Bonchev–Trinajstić information content (AvgIpc) is 3.49. The highest BCUT2D eigenvalue weighted by Crippen LogP contribution is 2.37. The second kappa shape index (κ2) is 8.91. The molecule has 0 saturated carbocycles. The summed E-state index contributed by atoms with van der Waals surface area (Å²) in [6.07, 6.45) is 5.36. The van der Waals surface area contributed by atoms with Crippen molar-refractivity contribution in [3.8, 4) is 27.6 Å². The van der Waals surface area contributed by atoms with Gasteiger partial charge in [0, 0.05) is 57.0 Å². The number of anilines is 2. The summed E-state index contributed by atoms with van der Waals surface area (Å²) >= 11 is 1.81. The van der Waals surface area contributed by atoms with Gasteiger partial charge >= 0.3 is 0 Å². The SMILES string of the molecule is CN(C)Cc1ccc(-c2cccc(-c3cncc(C#N)c3Nc3cccc4[nH]ccc34)c2)s1. The Morgan fingerprint density at radius 3 is 2.73 bits per heavy atom. The molecule has 0 fully saturated rings. The van der Waals surface area contributed by atoms with E-state index in [0.29, 0.717) is 5.56 Å². The molecule has 0 atom stereocenters. The van der Waals surface area contributed by atoms with Crippen molar-refractivity contribution < 1.29 is 0 Å². The first-order valence-corrected chi connectivity index (χ1v) is 11.5. The van der Waals surface area contributed by atoms with Crippen LogP contribution < -0.4 is 5.32 Å². The molecule has 0 spiro atoms. The first-order valence-electron chi connectivity index (χ1n) is 10.7. The van der Waals surface area contributed by atoms with Crippen molar-refractivity contribution in [3.63, 3.8) is 0 Å². The van der Waals surface area contributed by atoms with E-state index in [2.05, 4.69) is 76.7 Å². The van der Waals surface area contributed by atoms with E-state index in [9.17, 15) is 5.26 Å². The van der Waals surface area contributed by atoms with Crippen LogP contribution in [0.1, 0.15) is 10.4 Å². The van der Waals surface area contributed by atoms with E-state index < -0.39 is 0 Å². The number of fused-ring (bicyclic) bond motifs is 1. The molecule has 162 valence electrons. The molecular formula is C27H23N5S. The second-order valence-electron chi connectivity index (χ2n) is 8.18. The Kier molecular flexibility index (Phi) is 5.66. The lowest BCUT2D eigenvalue weighted by atomic mass is 10.00. The Morgan fingerprint density at radius 1 is 1.03 bits per heavy atom. The van der Waals surface area contributed by atoms with Gasteiger partial charge in [-0.25, -0.2) is 0 Å². The number of H-pyrrole nitrogens is 1. The predicted molar refractivity (Wildman–Crippen MR) is 137 cm³/mol. The fourth-order valence-electron chi connectivity index (χ4n) is 4.00. The van der Waals surface area contributed by atoms with Gasteiger partial charge in [0.05, 0.1) is 11.3 Å². The van der Waals surface area contributed by atoms with Crippen molar-refractivity contribution in [1.29, 1.82) is 5.26 Å². The monoisotopic (exact) mass is 449 g/mol. The lowest BCUT2D eigenvalue weighted by Gasteiger charge is -2.15. The summed E-state index contributed by atoms with van der Waals surface area (Å²) in [5.74, 6) is 0. The van der Waals surface area contributed by atoms with E-state index in [1.165, 1.54) is 9.75 Å². The maximum absolute atomic E-state index is 9.81. The van der Waals surface area contributed by atoms with Crippen LogP contribution in [-0.2, 0) is 6.54 Å². The van der Waals surface area contributed by atoms with Crippen LogP contribution in [0.2, 0.25) is 0 Å². The van der Waals surface area contributed by atoms with E-state index in [1.54, 1.807) is 17.5 Å². The molecule has 2 aromatic carbocycles. The largest absolute Gasteiger partial charge is 0.361 e. The minimum absolute atomic E-state index is 0.509. The molecule has 0 radical (unpaired) electrons. The lowest BCUT2D eigenvalue weighted by Crippen LogP contribution is -2.09.